The van der Waals surface area contributed by atoms with Crippen molar-refractivity contribution in [1.82, 2.24) is 4.98 Å². The lowest BCUT2D eigenvalue weighted by atomic mass is 10.2. The molecule has 8 nitrogen and oxygen atoms in total. The number of carbonyl (C=O) groups excluding carboxylic acids is 2. The van der Waals surface area contributed by atoms with Gasteiger partial charge < -0.3 is 24.5 Å². The topological polar surface area (TPSA) is 107 Å². The molecule has 2 rings (SSSR count). The molecular formula is C16H16N2O6. The fourth-order valence-corrected chi connectivity index (χ4v) is 1.89. The number of nitrogens with one attached hydrogen (secondary N) is 2. The molecule has 0 bridgehead atoms. The van der Waals surface area contributed by atoms with E-state index in [0.29, 0.717) is 17.2 Å². The lowest BCUT2D eigenvalue weighted by Crippen LogP contribution is -2.24. The van der Waals surface area contributed by atoms with Crippen molar-refractivity contribution in [2.24, 2.45) is 0 Å². The number of hydrogen-bond donors (Lipinski definition) is 2. The Balaban J connectivity index is 2.00. The van der Waals surface area contributed by atoms with Gasteiger partial charge in [0.25, 0.3) is 11.5 Å². The molecule has 0 unspecified atom stereocenters. The standard InChI is InChI=1S/C16H16N2O6/c1-22-10-5-6-13(23-2)12(8-10)18-14(19)9-24-16(21)11-4-3-7-17-15(11)20/h3-8H,9H2,1-2H3,(H,17,20)(H,18,19). The van der Waals surface area contributed by atoms with Crippen LogP contribution in [0.15, 0.2) is 41.3 Å². The highest BCUT2D eigenvalue weighted by atomic mass is 16.5. The summed E-state index contributed by atoms with van der Waals surface area (Å²) < 4.78 is 15.0. The smallest absolute Gasteiger partial charge is 0.344 e. The van der Waals surface area contributed by atoms with Gasteiger partial charge in [-0.15, -0.1) is 0 Å². The third kappa shape index (κ3) is 4.13. The number of hydrogen-bond acceptors (Lipinski definition) is 6. The van der Waals surface area contributed by atoms with Crippen LogP contribution in [0, 0.1) is 0 Å². The molecule has 2 aromatic rings. The normalized spacial score (nSPS) is 9.92. The molecule has 1 aromatic carbocycles. The molecule has 0 atom stereocenters. The third-order valence-electron chi connectivity index (χ3n) is 3.05. The highest BCUT2D eigenvalue weighted by Crippen LogP contribution is 2.28. The molecule has 0 radical (unpaired) electrons. The molecule has 2 N–H and O–H groups in total. The van der Waals surface area contributed by atoms with E-state index in [4.69, 9.17) is 14.2 Å². The lowest BCUT2D eigenvalue weighted by molar-refractivity contribution is -0.119. The number of pyridine rings is 1. The van der Waals surface area contributed by atoms with E-state index in [1.54, 1.807) is 18.2 Å². The molecule has 1 aromatic heterocycles. The van der Waals surface area contributed by atoms with Crippen molar-refractivity contribution in [1.29, 1.82) is 0 Å². The number of anilines is 1. The summed E-state index contributed by atoms with van der Waals surface area (Å²) in [5.41, 5.74) is -0.392. The van der Waals surface area contributed by atoms with Crippen LogP contribution in [-0.4, -0.2) is 37.7 Å². The molecule has 0 aliphatic heterocycles. The van der Waals surface area contributed by atoms with Crippen LogP contribution in [0.25, 0.3) is 0 Å². The van der Waals surface area contributed by atoms with E-state index in [9.17, 15) is 14.4 Å². The quantitative estimate of drug-likeness (QED) is 0.770. The Hall–Kier alpha value is -3.29. The predicted octanol–water partition coefficient (Wildman–Crippen LogP) is 1.19. The molecule has 0 spiro atoms. The Bertz CT molecular complexity index is 799. The molecule has 8 heteroatoms. The molecule has 1 amide bonds. The summed E-state index contributed by atoms with van der Waals surface area (Å²) >= 11 is 0. The maximum absolute atomic E-state index is 11.9. The number of carbonyl (C=O) groups is 2. The van der Waals surface area contributed by atoms with E-state index < -0.39 is 24.0 Å². The summed E-state index contributed by atoms with van der Waals surface area (Å²) in [6, 6.07) is 7.67. The zero-order valence-corrected chi connectivity index (χ0v) is 13.1. The molecule has 0 aliphatic rings. The SMILES string of the molecule is COc1ccc(OC)c(NC(=O)COC(=O)c2ccc[nH]c2=O)c1. The van der Waals surface area contributed by atoms with Gasteiger partial charge >= 0.3 is 5.97 Å². The summed E-state index contributed by atoms with van der Waals surface area (Å²) in [5, 5.41) is 2.55. The van der Waals surface area contributed by atoms with Crippen LogP contribution in [0.3, 0.4) is 0 Å². The highest BCUT2D eigenvalue weighted by Gasteiger charge is 2.14. The van der Waals surface area contributed by atoms with E-state index in [1.807, 2.05) is 0 Å². The first-order chi connectivity index (χ1) is 11.5. The first-order valence-corrected chi connectivity index (χ1v) is 6.92. The number of benzene rings is 1. The maximum atomic E-state index is 11.9. The molecule has 126 valence electrons. The van der Waals surface area contributed by atoms with E-state index in [1.165, 1.54) is 32.5 Å². The van der Waals surface area contributed by atoms with Gasteiger partial charge in [-0.05, 0) is 24.3 Å². The van der Waals surface area contributed by atoms with E-state index >= 15 is 0 Å². The van der Waals surface area contributed by atoms with Crippen molar-refractivity contribution in [3.63, 3.8) is 0 Å². The van der Waals surface area contributed by atoms with Crippen molar-refractivity contribution in [2.75, 3.05) is 26.1 Å². The van der Waals surface area contributed by atoms with Crippen LogP contribution in [-0.2, 0) is 9.53 Å². The van der Waals surface area contributed by atoms with Gasteiger partial charge in [0.15, 0.2) is 6.61 Å². The van der Waals surface area contributed by atoms with Gasteiger partial charge in [-0.2, -0.15) is 0 Å². The fraction of sp³-hybridized carbons (Fsp3) is 0.188. The summed E-state index contributed by atoms with van der Waals surface area (Å²) in [6.07, 6.45) is 1.39. The molecule has 0 aliphatic carbocycles. The lowest BCUT2D eigenvalue weighted by Gasteiger charge is -2.11. The average molecular weight is 332 g/mol. The number of aromatic amines is 1. The van der Waals surface area contributed by atoms with Crippen molar-refractivity contribution < 1.29 is 23.8 Å². The second kappa shape index (κ2) is 7.82. The fourth-order valence-electron chi connectivity index (χ4n) is 1.89. The minimum Gasteiger partial charge on any atom is -0.497 e. The van der Waals surface area contributed by atoms with Gasteiger partial charge in [-0.1, -0.05) is 0 Å². The second-order valence-corrected chi connectivity index (χ2v) is 4.60. The number of amides is 1. The van der Waals surface area contributed by atoms with E-state index in [0.717, 1.165) is 0 Å². The van der Waals surface area contributed by atoms with Crippen LogP contribution in [0.4, 0.5) is 5.69 Å². The van der Waals surface area contributed by atoms with Gasteiger partial charge in [0.05, 0.1) is 19.9 Å². The van der Waals surface area contributed by atoms with Crippen molar-refractivity contribution >= 4 is 17.6 Å². The Kier molecular flexibility index (Phi) is 5.56. The first kappa shape index (κ1) is 17.1. The van der Waals surface area contributed by atoms with Crippen molar-refractivity contribution in [3.8, 4) is 11.5 Å². The largest absolute Gasteiger partial charge is 0.497 e. The number of esters is 1. The summed E-state index contributed by atoms with van der Waals surface area (Å²) in [6.45, 7) is -0.548. The van der Waals surface area contributed by atoms with Gasteiger partial charge in [0.1, 0.15) is 17.1 Å². The predicted molar refractivity (Wildman–Crippen MR) is 85.5 cm³/mol. The van der Waals surface area contributed by atoms with Crippen LogP contribution in [0.2, 0.25) is 0 Å². The molecule has 24 heavy (non-hydrogen) atoms. The van der Waals surface area contributed by atoms with Crippen molar-refractivity contribution in [3.05, 3.63) is 52.4 Å². The van der Waals surface area contributed by atoms with Gasteiger partial charge in [0.2, 0.25) is 0 Å². The van der Waals surface area contributed by atoms with Crippen LogP contribution in [0.1, 0.15) is 10.4 Å². The van der Waals surface area contributed by atoms with E-state index in [-0.39, 0.29) is 5.56 Å². The monoisotopic (exact) mass is 332 g/mol. The van der Waals surface area contributed by atoms with Crippen LogP contribution < -0.4 is 20.3 Å². The average Bonchev–Trinajstić information content (AvgIpc) is 2.60. The number of methoxy groups -OCH3 is 2. The minimum atomic E-state index is -0.885. The number of H-pyrrole nitrogens is 1. The Labute approximate surface area is 137 Å². The minimum absolute atomic E-state index is 0.177. The van der Waals surface area contributed by atoms with Crippen LogP contribution in [0.5, 0.6) is 11.5 Å². The summed E-state index contributed by atoms with van der Waals surface area (Å²) in [4.78, 5) is 37.5. The molecule has 0 fully saturated rings. The molecule has 0 saturated heterocycles. The molecular weight excluding hydrogens is 316 g/mol. The Morgan fingerprint density at radius 1 is 1.17 bits per heavy atom. The molecule has 0 saturated carbocycles. The maximum Gasteiger partial charge on any atom is 0.344 e. The first-order valence-electron chi connectivity index (χ1n) is 6.92. The number of ether oxygens (including phenoxy) is 3. The van der Waals surface area contributed by atoms with Crippen LogP contribution >= 0.6 is 0 Å². The molecule has 1 heterocycles. The highest BCUT2D eigenvalue weighted by molar-refractivity contribution is 5.96. The van der Waals surface area contributed by atoms with E-state index in [2.05, 4.69) is 10.3 Å². The number of rotatable bonds is 6. The Morgan fingerprint density at radius 3 is 2.62 bits per heavy atom. The Morgan fingerprint density at radius 2 is 1.96 bits per heavy atom. The number of aromatic nitrogens is 1. The van der Waals surface area contributed by atoms with Gasteiger partial charge in [0, 0.05) is 12.3 Å². The van der Waals surface area contributed by atoms with Gasteiger partial charge in [-0.25, -0.2) is 4.79 Å². The summed E-state index contributed by atoms with van der Waals surface area (Å²) in [5.74, 6) is -0.513. The van der Waals surface area contributed by atoms with Crippen molar-refractivity contribution in [2.45, 2.75) is 0 Å². The zero-order valence-electron chi connectivity index (χ0n) is 13.1. The second-order valence-electron chi connectivity index (χ2n) is 4.60. The zero-order chi connectivity index (χ0) is 17.5. The van der Waals surface area contributed by atoms with Gasteiger partial charge in [-0.3, -0.25) is 9.59 Å². The summed E-state index contributed by atoms with van der Waals surface area (Å²) in [7, 11) is 2.95. The third-order valence-corrected chi connectivity index (χ3v) is 3.05.